The third-order valence-electron chi connectivity index (χ3n) is 3.00. The average molecular weight is 238 g/mol. The highest BCUT2D eigenvalue weighted by Gasteiger charge is 1.91. The standard InChI is InChI=1S/C16H30O/c1-3-5-6-7-8-9-10-11-12-13-14-15-16-17-4-2/h4,15-16H,2-3,5-14H2,1H3. The first-order chi connectivity index (χ1) is 8.41. The van der Waals surface area contributed by atoms with Crippen molar-refractivity contribution in [1.29, 1.82) is 0 Å². The van der Waals surface area contributed by atoms with Crippen LogP contribution in [0.1, 0.15) is 77.6 Å². The predicted octanol–water partition coefficient (Wildman–Crippen LogP) is 5.97. The molecule has 1 nitrogen and oxygen atoms in total. The fourth-order valence-corrected chi connectivity index (χ4v) is 1.93. The molecule has 0 aromatic carbocycles. The van der Waals surface area contributed by atoms with E-state index in [1.807, 2.05) is 0 Å². The molecule has 0 aliphatic carbocycles. The van der Waals surface area contributed by atoms with Gasteiger partial charge in [-0.25, -0.2) is 0 Å². The van der Waals surface area contributed by atoms with Crippen LogP contribution >= 0.6 is 0 Å². The average Bonchev–Trinajstić information content (AvgIpc) is 2.35. The second-order valence-corrected chi connectivity index (χ2v) is 4.65. The summed E-state index contributed by atoms with van der Waals surface area (Å²) in [6.45, 7) is 5.75. The molecule has 0 aromatic heterocycles. The van der Waals surface area contributed by atoms with Crippen LogP contribution in [0.2, 0.25) is 0 Å². The highest BCUT2D eigenvalue weighted by Crippen LogP contribution is 2.11. The second-order valence-electron chi connectivity index (χ2n) is 4.65. The smallest absolute Gasteiger partial charge is 0.0861 e. The van der Waals surface area contributed by atoms with E-state index in [0.29, 0.717) is 0 Å². The molecule has 0 aliphatic rings. The van der Waals surface area contributed by atoms with Crippen molar-refractivity contribution >= 4 is 0 Å². The Morgan fingerprint density at radius 2 is 1.35 bits per heavy atom. The summed E-state index contributed by atoms with van der Waals surface area (Å²) in [7, 11) is 0. The second kappa shape index (κ2) is 15.3. The zero-order valence-corrected chi connectivity index (χ0v) is 11.6. The van der Waals surface area contributed by atoms with Crippen molar-refractivity contribution in [2.24, 2.45) is 0 Å². The molecular formula is C16H30O. The Morgan fingerprint density at radius 1 is 0.824 bits per heavy atom. The molecule has 0 fully saturated rings. The quantitative estimate of drug-likeness (QED) is 0.284. The maximum Gasteiger partial charge on any atom is 0.0861 e. The van der Waals surface area contributed by atoms with Gasteiger partial charge in [-0.3, -0.25) is 0 Å². The van der Waals surface area contributed by atoms with E-state index in [0.717, 1.165) is 6.42 Å². The van der Waals surface area contributed by atoms with Gasteiger partial charge < -0.3 is 4.74 Å². The van der Waals surface area contributed by atoms with Crippen LogP contribution in [0, 0.1) is 0 Å². The van der Waals surface area contributed by atoms with Crippen molar-refractivity contribution in [3.05, 3.63) is 25.2 Å². The van der Waals surface area contributed by atoms with Gasteiger partial charge in [-0.1, -0.05) is 71.3 Å². The lowest BCUT2D eigenvalue weighted by Crippen LogP contribution is -1.81. The van der Waals surface area contributed by atoms with E-state index < -0.39 is 0 Å². The SMILES string of the molecule is C=COC=CCCCCCCCCCCCC. The summed E-state index contributed by atoms with van der Waals surface area (Å²) in [6, 6.07) is 0. The van der Waals surface area contributed by atoms with Gasteiger partial charge >= 0.3 is 0 Å². The van der Waals surface area contributed by atoms with Crippen molar-refractivity contribution in [1.82, 2.24) is 0 Å². The van der Waals surface area contributed by atoms with Gasteiger partial charge in [-0.2, -0.15) is 0 Å². The molecule has 0 bridgehead atoms. The number of rotatable bonds is 13. The molecule has 17 heavy (non-hydrogen) atoms. The summed E-state index contributed by atoms with van der Waals surface area (Å²) < 4.78 is 4.91. The Kier molecular flexibility index (Phi) is 14.6. The van der Waals surface area contributed by atoms with Gasteiger partial charge in [-0.15, -0.1) is 0 Å². The lowest BCUT2D eigenvalue weighted by atomic mass is 10.1. The van der Waals surface area contributed by atoms with Crippen LogP contribution in [0.5, 0.6) is 0 Å². The number of hydrogen-bond donors (Lipinski definition) is 0. The lowest BCUT2D eigenvalue weighted by molar-refractivity contribution is 0.402. The zero-order chi connectivity index (χ0) is 12.6. The van der Waals surface area contributed by atoms with Crippen molar-refractivity contribution in [2.45, 2.75) is 77.6 Å². The molecule has 0 aliphatic heterocycles. The van der Waals surface area contributed by atoms with E-state index in [1.165, 1.54) is 70.5 Å². The first kappa shape index (κ1) is 16.3. The van der Waals surface area contributed by atoms with Crippen LogP contribution in [0.15, 0.2) is 25.2 Å². The molecule has 0 atom stereocenters. The Morgan fingerprint density at radius 3 is 1.88 bits per heavy atom. The Hall–Kier alpha value is -0.720. The maximum atomic E-state index is 4.91. The number of hydrogen-bond acceptors (Lipinski definition) is 1. The van der Waals surface area contributed by atoms with Crippen molar-refractivity contribution < 1.29 is 4.74 Å². The number of ether oxygens (including phenoxy) is 1. The molecule has 0 aromatic rings. The lowest BCUT2D eigenvalue weighted by Gasteiger charge is -2.01. The highest BCUT2D eigenvalue weighted by atomic mass is 16.5. The highest BCUT2D eigenvalue weighted by molar-refractivity contribution is 4.75. The number of allylic oxidation sites excluding steroid dienone is 1. The van der Waals surface area contributed by atoms with Crippen LogP contribution in [-0.2, 0) is 4.74 Å². The molecule has 0 heterocycles. The van der Waals surface area contributed by atoms with Gasteiger partial charge in [0.05, 0.1) is 12.5 Å². The summed E-state index contributed by atoms with van der Waals surface area (Å²) in [5.41, 5.74) is 0. The van der Waals surface area contributed by atoms with Gasteiger partial charge in [0.2, 0.25) is 0 Å². The van der Waals surface area contributed by atoms with Crippen LogP contribution in [-0.4, -0.2) is 0 Å². The fourth-order valence-electron chi connectivity index (χ4n) is 1.93. The molecule has 0 rings (SSSR count). The van der Waals surface area contributed by atoms with Crippen molar-refractivity contribution in [3.63, 3.8) is 0 Å². The summed E-state index contributed by atoms with van der Waals surface area (Å²) in [4.78, 5) is 0. The third kappa shape index (κ3) is 15.3. The monoisotopic (exact) mass is 238 g/mol. The normalized spacial score (nSPS) is 10.9. The summed E-state index contributed by atoms with van der Waals surface area (Å²) in [5.74, 6) is 0. The maximum absolute atomic E-state index is 4.91. The first-order valence-corrected chi connectivity index (χ1v) is 7.33. The van der Waals surface area contributed by atoms with Crippen molar-refractivity contribution in [3.8, 4) is 0 Å². The van der Waals surface area contributed by atoms with Crippen LogP contribution in [0.3, 0.4) is 0 Å². The minimum Gasteiger partial charge on any atom is -0.474 e. The van der Waals surface area contributed by atoms with E-state index in [4.69, 9.17) is 4.74 Å². The summed E-state index contributed by atoms with van der Waals surface area (Å²) in [6.07, 6.45) is 20.3. The van der Waals surface area contributed by atoms with Gasteiger partial charge in [0.15, 0.2) is 0 Å². The molecule has 0 amide bonds. The predicted molar refractivity (Wildman–Crippen MR) is 76.9 cm³/mol. The van der Waals surface area contributed by atoms with E-state index in [-0.39, 0.29) is 0 Å². The topological polar surface area (TPSA) is 9.23 Å². The Bertz CT molecular complexity index is 172. The van der Waals surface area contributed by atoms with Crippen LogP contribution in [0.4, 0.5) is 0 Å². The molecule has 0 saturated heterocycles. The molecular weight excluding hydrogens is 208 g/mol. The van der Waals surface area contributed by atoms with Crippen LogP contribution in [0.25, 0.3) is 0 Å². The van der Waals surface area contributed by atoms with E-state index in [1.54, 1.807) is 6.26 Å². The number of unbranched alkanes of at least 4 members (excludes halogenated alkanes) is 10. The minimum atomic E-state index is 1.13. The van der Waals surface area contributed by atoms with E-state index in [9.17, 15) is 0 Å². The summed E-state index contributed by atoms with van der Waals surface area (Å²) >= 11 is 0. The van der Waals surface area contributed by atoms with Gasteiger partial charge in [-0.05, 0) is 18.9 Å². The van der Waals surface area contributed by atoms with E-state index >= 15 is 0 Å². The fraction of sp³-hybridized carbons (Fsp3) is 0.750. The largest absolute Gasteiger partial charge is 0.474 e. The molecule has 0 radical (unpaired) electrons. The van der Waals surface area contributed by atoms with Gasteiger partial charge in [0.1, 0.15) is 0 Å². The van der Waals surface area contributed by atoms with Crippen molar-refractivity contribution in [2.75, 3.05) is 0 Å². The third-order valence-corrected chi connectivity index (χ3v) is 3.00. The van der Waals surface area contributed by atoms with E-state index in [2.05, 4.69) is 19.6 Å². The van der Waals surface area contributed by atoms with Crippen LogP contribution < -0.4 is 0 Å². The Labute approximate surface area is 108 Å². The van der Waals surface area contributed by atoms with Gasteiger partial charge in [0, 0.05) is 0 Å². The molecule has 1 heteroatoms. The molecule has 0 N–H and O–H groups in total. The van der Waals surface area contributed by atoms with Gasteiger partial charge in [0.25, 0.3) is 0 Å². The molecule has 0 spiro atoms. The molecule has 0 unspecified atom stereocenters. The molecule has 100 valence electrons. The Balaban J connectivity index is 2.96. The molecule has 0 saturated carbocycles. The first-order valence-electron chi connectivity index (χ1n) is 7.33. The minimum absolute atomic E-state index is 1.13. The zero-order valence-electron chi connectivity index (χ0n) is 11.6. The summed E-state index contributed by atoms with van der Waals surface area (Å²) in [5, 5.41) is 0.